The fraction of sp³-hybridized carbons (Fsp3) is 0.471. The van der Waals surface area contributed by atoms with Crippen molar-refractivity contribution < 1.29 is 14.0 Å². The smallest absolute Gasteiger partial charge is 0.254 e. The summed E-state index contributed by atoms with van der Waals surface area (Å²) >= 11 is 0. The average molecular weight is 296 g/mol. The van der Waals surface area contributed by atoms with E-state index < -0.39 is 0 Å². The number of rotatable bonds is 2. The number of carbonyl (C=O) groups excluding carboxylic acids is 2. The van der Waals surface area contributed by atoms with Gasteiger partial charge in [0.05, 0.1) is 18.1 Å². The SMILES string of the molecule is Cc1ccc(/C=N\N2C(=O)[C@@H]3[C@@H](C2=O)[C@H]2C=C[C@H]3C23CC3)o1. The van der Waals surface area contributed by atoms with Crippen LogP contribution in [0.2, 0.25) is 0 Å². The number of furan rings is 1. The molecule has 2 heterocycles. The molecule has 3 aliphatic carbocycles. The Bertz CT molecular complexity index is 722. The highest BCUT2D eigenvalue weighted by Crippen LogP contribution is 2.73. The third-order valence-corrected chi connectivity index (χ3v) is 5.89. The highest BCUT2D eigenvalue weighted by molar-refractivity contribution is 6.07. The molecule has 1 aliphatic heterocycles. The highest BCUT2D eigenvalue weighted by Gasteiger charge is 2.73. The molecule has 112 valence electrons. The van der Waals surface area contributed by atoms with Gasteiger partial charge < -0.3 is 4.42 Å². The highest BCUT2D eigenvalue weighted by atomic mass is 16.3. The van der Waals surface area contributed by atoms with Crippen LogP contribution in [0.1, 0.15) is 24.4 Å². The third-order valence-electron chi connectivity index (χ3n) is 5.89. The lowest BCUT2D eigenvalue weighted by Crippen LogP contribution is -2.30. The Kier molecular flexibility index (Phi) is 2.12. The second-order valence-electron chi connectivity index (χ2n) is 6.90. The van der Waals surface area contributed by atoms with Gasteiger partial charge >= 0.3 is 0 Å². The van der Waals surface area contributed by atoms with Crippen molar-refractivity contribution in [2.24, 2.45) is 34.2 Å². The van der Waals surface area contributed by atoms with E-state index in [-0.39, 0.29) is 40.9 Å². The Morgan fingerprint density at radius 1 is 1.18 bits per heavy atom. The molecule has 22 heavy (non-hydrogen) atoms. The summed E-state index contributed by atoms with van der Waals surface area (Å²) < 4.78 is 5.39. The topological polar surface area (TPSA) is 62.9 Å². The maximum absolute atomic E-state index is 12.7. The lowest BCUT2D eigenvalue weighted by molar-refractivity contribution is -0.141. The minimum atomic E-state index is -0.194. The predicted molar refractivity (Wildman–Crippen MR) is 77.7 cm³/mol. The van der Waals surface area contributed by atoms with Gasteiger partial charge in [-0.2, -0.15) is 10.1 Å². The third kappa shape index (κ3) is 1.32. The molecule has 1 aromatic rings. The van der Waals surface area contributed by atoms with Crippen molar-refractivity contribution in [1.82, 2.24) is 5.01 Å². The summed E-state index contributed by atoms with van der Waals surface area (Å²) in [6, 6.07) is 3.60. The van der Waals surface area contributed by atoms with Gasteiger partial charge in [0.25, 0.3) is 11.8 Å². The lowest BCUT2D eigenvalue weighted by atomic mass is 9.85. The standard InChI is InChI=1S/C17H16N2O3/c1-9-2-3-10(22-9)8-18-19-15(20)13-11-4-5-12(14(13)16(19)21)17(11)6-7-17/h2-5,8,11-14H,6-7H2,1H3/b18-8-/t11-,12-,13+,14+/m1/s1. The summed E-state index contributed by atoms with van der Waals surface area (Å²) in [5.41, 5.74) is 0.231. The molecule has 5 rings (SSSR count). The van der Waals surface area contributed by atoms with E-state index in [1.54, 1.807) is 6.07 Å². The first-order valence-electron chi connectivity index (χ1n) is 7.78. The summed E-state index contributed by atoms with van der Waals surface area (Å²) in [5, 5.41) is 5.17. The second-order valence-corrected chi connectivity index (χ2v) is 6.90. The van der Waals surface area contributed by atoms with Gasteiger partial charge in [0, 0.05) is 0 Å². The van der Waals surface area contributed by atoms with Gasteiger partial charge in [-0.05, 0) is 49.1 Å². The van der Waals surface area contributed by atoms with E-state index in [2.05, 4.69) is 17.3 Å². The molecule has 0 radical (unpaired) electrons. The summed E-state index contributed by atoms with van der Waals surface area (Å²) in [5.74, 6) is 1.14. The number of hydrogen-bond donors (Lipinski definition) is 0. The van der Waals surface area contributed by atoms with E-state index in [0.29, 0.717) is 5.76 Å². The number of imide groups is 1. The number of fused-ring (bicyclic) bond motifs is 3. The molecule has 0 aromatic carbocycles. The Labute approximate surface area is 127 Å². The van der Waals surface area contributed by atoms with E-state index in [9.17, 15) is 9.59 Å². The number of amides is 2. The lowest BCUT2D eigenvalue weighted by Gasteiger charge is -2.18. The van der Waals surface area contributed by atoms with Crippen molar-refractivity contribution in [3.63, 3.8) is 0 Å². The maximum Gasteiger partial charge on any atom is 0.254 e. The summed E-state index contributed by atoms with van der Waals surface area (Å²) in [4.78, 5) is 25.3. The fourth-order valence-electron chi connectivity index (χ4n) is 4.81. The van der Waals surface area contributed by atoms with Crippen LogP contribution in [0.4, 0.5) is 0 Å². The first-order valence-corrected chi connectivity index (χ1v) is 7.78. The van der Waals surface area contributed by atoms with Crippen molar-refractivity contribution in [3.05, 3.63) is 35.8 Å². The van der Waals surface area contributed by atoms with Crippen LogP contribution >= 0.6 is 0 Å². The number of allylic oxidation sites excluding steroid dienone is 2. The first-order chi connectivity index (χ1) is 10.6. The van der Waals surface area contributed by atoms with Crippen LogP contribution in [0.3, 0.4) is 0 Å². The van der Waals surface area contributed by atoms with Crippen LogP contribution < -0.4 is 0 Å². The van der Waals surface area contributed by atoms with E-state index in [1.807, 2.05) is 13.0 Å². The van der Waals surface area contributed by atoms with E-state index in [1.165, 1.54) is 6.21 Å². The van der Waals surface area contributed by atoms with Crippen molar-refractivity contribution in [2.45, 2.75) is 19.8 Å². The molecular weight excluding hydrogens is 280 g/mol. The summed E-state index contributed by atoms with van der Waals surface area (Å²) in [6.07, 6.45) is 8.07. The van der Waals surface area contributed by atoms with E-state index >= 15 is 0 Å². The molecule has 2 bridgehead atoms. The van der Waals surface area contributed by atoms with Crippen LogP contribution in [0, 0.1) is 36.0 Å². The van der Waals surface area contributed by atoms with Crippen LogP contribution in [0.25, 0.3) is 0 Å². The molecule has 5 heteroatoms. The molecule has 4 atom stereocenters. The molecule has 1 aromatic heterocycles. The molecule has 0 N–H and O–H groups in total. The summed E-state index contributed by atoms with van der Waals surface area (Å²) in [6.45, 7) is 1.84. The maximum atomic E-state index is 12.7. The fourth-order valence-corrected chi connectivity index (χ4v) is 4.81. The van der Waals surface area contributed by atoms with Gasteiger partial charge in [0.1, 0.15) is 11.5 Å². The molecule has 3 fully saturated rings. The van der Waals surface area contributed by atoms with E-state index in [0.717, 1.165) is 23.6 Å². The molecule has 2 saturated carbocycles. The molecular formula is C17H16N2O3. The Morgan fingerprint density at radius 2 is 1.82 bits per heavy atom. The van der Waals surface area contributed by atoms with Crippen LogP contribution in [0.15, 0.2) is 33.8 Å². The molecule has 1 saturated heterocycles. The van der Waals surface area contributed by atoms with Gasteiger partial charge in [-0.1, -0.05) is 12.2 Å². The quantitative estimate of drug-likeness (QED) is 0.477. The van der Waals surface area contributed by atoms with Crippen LogP contribution in [0.5, 0.6) is 0 Å². The zero-order chi connectivity index (χ0) is 15.1. The second kappa shape index (κ2) is 3.77. The zero-order valence-corrected chi connectivity index (χ0v) is 12.2. The first kappa shape index (κ1) is 12.4. The number of hydrogen-bond acceptors (Lipinski definition) is 4. The summed E-state index contributed by atoms with van der Waals surface area (Å²) in [7, 11) is 0. The van der Waals surface area contributed by atoms with Gasteiger partial charge in [-0.3, -0.25) is 9.59 Å². The van der Waals surface area contributed by atoms with Gasteiger partial charge in [0.15, 0.2) is 0 Å². The molecule has 0 unspecified atom stereocenters. The minimum Gasteiger partial charge on any atom is -0.460 e. The monoisotopic (exact) mass is 296 g/mol. The van der Waals surface area contributed by atoms with Crippen molar-refractivity contribution >= 4 is 18.0 Å². The number of nitrogens with zero attached hydrogens (tertiary/aromatic N) is 2. The minimum absolute atomic E-state index is 0.141. The van der Waals surface area contributed by atoms with Crippen molar-refractivity contribution in [2.75, 3.05) is 0 Å². The predicted octanol–water partition coefficient (Wildman–Crippen LogP) is 2.12. The largest absolute Gasteiger partial charge is 0.460 e. The Balaban J connectivity index is 1.45. The number of hydrazone groups is 1. The average Bonchev–Trinajstić information content (AvgIpc) is 2.87. The molecule has 4 aliphatic rings. The normalized spacial score (nSPS) is 37.0. The molecule has 5 nitrogen and oxygen atoms in total. The van der Waals surface area contributed by atoms with Crippen LogP contribution in [-0.4, -0.2) is 23.0 Å². The Morgan fingerprint density at radius 3 is 2.32 bits per heavy atom. The van der Waals surface area contributed by atoms with Gasteiger partial charge in [0.2, 0.25) is 0 Å². The Hall–Kier alpha value is -2.17. The van der Waals surface area contributed by atoms with Gasteiger partial charge in [-0.15, -0.1) is 0 Å². The van der Waals surface area contributed by atoms with Crippen molar-refractivity contribution in [1.29, 1.82) is 0 Å². The zero-order valence-electron chi connectivity index (χ0n) is 12.2. The molecule has 2 amide bonds. The molecule has 1 spiro atoms. The van der Waals surface area contributed by atoms with E-state index in [4.69, 9.17) is 4.42 Å². The van der Waals surface area contributed by atoms with Crippen molar-refractivity contribution in [3.8, 4) is 0 Å². The van der Waals surface area contributed by atoms with Gasteiger partial charge in [-0.25, -0.2) is 0 Å². The number of carbonyl (C=O) groups is 2. The van der Waals surface area contributed by atoms with Crippen LogP contribution in [-0.2, 0) is 9.59 Å². The number of aryl methyl sites for hydroxylation is 1.